The van der Waals surface area contributed by atoms with Gasteiger partial charge in [0, 0.05) is 30.1 Å². The Hall–Kier alpha value is -4.41. The molecule has 0 spiro atoms. The topological polar surface area (TPSA) is 96.0 Å². The van der Waals surface area contributed by atoms with Gasteiger partial charge in [-0.3, -0.25) is 13.9 Å². The van der Waals surface area contributed by atoms with E-state index in [2.05, 4.69) is 5.32 Å². The average Bonchev–Trinajstić information content (AvgIpc) is 3.05. The molecule has 4 aromatic rings. The molecule has 242 valence electrons. The molecule has 11 heteroatoms. The van der Waals surface area contributed by atoms with Gasteiger partial charge in [-0.2, -0.15) is 0 Å². The molecule has 2 amide bonds. The maximum atomic E-state index is 15.1. The van der Waals surface area contributed by atoms with Crippen LogP contribution in [0.3, 0.4) is 0 Å². The smallest absolute Gasteiger partial charge is 0.264 e. The fourth-order valence-corrected chi connectivity index (χ4v) is 6.48. The Morgan fingerprint density at radius 1 is 0.913 bits per heavy atom. The van der Waals surface area contributed by atoms with Crippen molar-refractivity contribution in [1.29, 1.82) is 0 Å². The van der Waals surface area contributed by atoms with E-state index in [1.165, 1.54) is 54.5 Å². The second kappa shape index (κ2) is 15.7. The van der Waals surface area contributed by atoms with E-state index in [9.17, 15) is 18.0 Å². The van der Waals surface area contributed by atoms with Crippen LogP contribution in [0.1, 0.15) is 25.0 Å². The predicted molar refractivity (Wildman–Crippen MR) is 178 cm³/mol. The molecule has 1 N–H and O–H groups in total. The Balaban J connectivity index is 1.85. The first kappa shape index (κ1) is 34.5. The highest BCUT2D eigenvalue weighted by molar-refractivity contribution is 7.92. The third-order valence-electron chi connectivity index (χ3n) is 7.27. The predicted octanol–water partition coefficient (Wildman–Crippen LogP) is 6.10. The van der Waals surface area contributed by atoms with Crippen LogP contribution in [0, 0.1) is 11.7 Å². The lowest BCUT2D eigenvalue weighted by Crippen LogP contribution is -2.53. The van der Waals surface area contributed by atoms with Crippen LogP contribution in [-0.4, -0.2) is 51.4 Å². The van der Waals surface area contributed by atoms with Crippen molar-refractivity contribution in [3.8, 4) is 5.75 Å². The van der Waals surface area contributed by atoms with E-state index in [-0.39, 0.29) is 45.8 Å². The van der Waals surface area contributed by atoms with Gasteiger partial charge in [0.25, 0.3) is 10.0 Å². The van der Waals surface area contributed by atoms with Gasteiger partial charge in [0.05, 0.1) is 17.7 Å². The molecule has 0 aromatic heterocycles. The van der Waals surface area contributed by atoms with Crippen molar-refractivity contribution in [1.82, 2.24) is 10.2 Å². The number of sulfonamides is 1. The number of halogens is 2. The average molecular weight is 666 g/mol. The minimum absolute atomic E-state index is 0.0295. The fourth-order valence-electron chi connectivity index (χ4n) is 4.88. The highest BCUT2D eigenvalue weighted by Gasteiger charge is 2.36. The standard InChI is InChI=1S/C35H37ClFN3O5S/c1-25(2)22-38-35(42)32(20-26-12-6-4-7-13-26)39(23-27-14-10-11-17-30(27)37)34(41)24-40(31-21-28(36)18-19-33(31)45-3)46(43,44)29-15-8-5-9-16-29/h4-19,21,25,32H,20,22-24H2,1-3H3,(H,38,42). The molecular weight excluding hydrogens is 629 g/mol. The largest absolute Gasteiger partial charge is 0.495 e. The first-order valence-corrected chi connectivity index (χ1v) is 16.6. The Morgan fingerprint density at radius 3 is 2.17 bits per heavy atom. The van der Waals surface area contributed by atoms with Crippen molar-refractivity contribution in [2.45, 2.75) is 37.8 Å². The number of methoxy groups -OCH3 is 1. The second-order valence-electron chi connectivity index (χ2n) is 11.1. The van der Waals surface area contributed by atoms with Gasteiger partial charge >= 0.3 is 0 Å². The number of carbonyl (C=O) groups is 2. The van der Waals surface area contributed by atoms with Crippen LogP contribution < -0.4 is 14.4 Å². The lowest BCUT2D eigenvalue weighted by molar-refractivity contribution is -0.140. The maximum absolute atomic E-state index is 15.1. The minimum Gasteiger partial charge on any atom is -0.495 e. The van der Waals surface area contributed by atoms with E-state index in [1.807, 2.05) is 44.2 Å². The lowest BCUT2D eigenvalue weighted by atomic mass is 10.0. The zero-order valence-corrected chi connectivity index (χ0v) is 27.5. The zero-order chi connectivity index (χ0) is 33.3. The van der Waals surface area contributed by atoms with Gasteiger partial charge in [0.15, 0.2) is 0 Å². The molecule has 0 fully saturated rings. The van der Waals surface area contributed by atoms with Gasteiger partial charge in [0.1, 0.15) is 24.2 Å². The Labute approximate surface area is 274 Å². The number of anilines is 1. The molecule has 0 saturated carbocycles. The summed E-state index contributed by atoms with van der Waals surface area (Å²) in [5.41, 5.74) is 0.967. The monoisotopic (exact) mass is 665 g/mol. The summed E-state index contributed by atoms with van der Waals surface area (Å²) in [5.74, 6) is -1.45. The van der Waals surface area contributed by atoms with Gasteiger partial charge in [-0.1, -0.05) is 92.2 Å². The quantitative estimate of drug-likeness (QED) is 0.176. The Morgan fingerprint density at radius 2 is 1.54 bits per heavy atom. The van der Waals surface area contributed by atoms with Crippen molar-refractivity contribution in [3.63, 3.8) is 0 Å². The molecule has 8 nitrogen and oxygen atoms in total. The Bertz CT molecular complexity index is 1740. The van der Waals surface area contributed by atoms with Gasteiger partial charge in [-0.15, -0.1) is 0 Å². The fraction of sp³-hybridized carbons (Fsp3) is 0.257. The van der Waals surface area contributed by atoms with E-state index in [4.69, 9.17) is 16.3 Å². The molecule has 0 saturated heterocycles. The van der Waals surface area contributed by atoms with E-state index in [1.54, 1.807) is 30.3 Å². The number of rotatable bonds is 14. The number of benzene rings is 4. The van der Waals surface area contributed by atoms with Crippen LogP contribution in [0.5, 0.6) is 5.75 Å². The molecule has 4 rings (SSSR count). The summed E-state index contributed by atoms with van der Waals surface area (Å²) in [6.45, 7) is 3.22. The number of carbonyl (C=O) groups excluding carboxylic acids is 2. The summed E-state index contributed by atoms with van der Waals surface area (Å²) >= 11 is 6.31. The van der Waals surface area contributed by atoms with E-state index < -0.39 is 40.2 Å². The zero-order valence-electron chi connectivity index (χ0n) is 25.9. The number of hydrogen-bond acceptors (Lipinski definition) is 5. The normalized spacial score (nSPS) is 12.0. The van der Waals surface area contributed by atoms with Gasteiger partial charge in [0.2, 0.25) is 11.8 Å². The van der Waals surface area contributed by atoms with Crippen molar-refractivity contribution >= 4 is 39.1 Å². The van der Waals surface area contributed by atoms with Crippen LogP contribution in [0.15, 0.2) is 108 Å². The summed E-state index contributed by atoms with van der Waals surface area (Å²) in [6, 6.07) is 26.1. The number of ether oxygens (including phenoxy) is 1. The molecule has 4 aromatic carbocycles. The van der Waals surface area contributed by atoms with Gasteiger partial charge in [-0.25, -0.2) is 12.8 Å². The number of hydrogen-bond donors (Lipinski definition) is 1. The van der Waals surface area contributed by atoms with E-state index in [0.29, 0.717) is 6.54 Å². The second-order valence-corrected chi connectivity index (χ2v) is 13.4. The van der Waals surface area contributed by atoms with Gasteiger partial charge in [-0.05, 0) is 47.9 Å². The van der Waals surface area contributed by atoms with E-state index in [0.717, 1.165) is 9.87 Å². The van der Waals surface area contributed by atoms with Crippen molar-refractivity contribution < 1.29 is 27.1 Å². The molecule has 0 aliphatic heterocycles. The van der Waals surface area contributed by atoms with Crippen LogP contribution in [0.25, 0.3) is 0 Å². The van der Waals surface area contributed by atoms with Gasteiger partial charge < -0.3 is 15.0 Å². The number of nitrogens with zero attached hydrogens (tertiary/aromatic N) is 2. The van der Waals surface area contributed by atoms with Crippen molar-refractivity contribution in [3.05, 3.63) is 125 Å². The highest BCUT2D eigenvalue weighted by atomic mass is 35.5. The van der Waals surface area contributed by atoms with E-state index >= 15 is 4.39 Å². The lowest BCUT2D eigenvalue weighted by Gasteiger charge is -2.34. The Kier molecular flexibility index (Phi) is 11.8. The molecule has 0 bridgehead atoms. The first-order chi connectivity index (χ1) is 22.0. The molecule has 0 aliphatic rings. The molecule has 0 heterocycles. The first-order valence-electron chi connectivity index (χ1n) is 14.8. The summed E-state index contributed by atoms with van der Waals surface area (Å²) in [6.07, 6.45) is 0.108. The minimum atomic E-state index is -4.37. The van der Waals surface area contributed by atoms with Crippen LogP contribution in [0.4, 0.5) is 10.1 Å². The summed E-state index contributed by atoms with van der Waals surface area (Å²) in [7, 11) is -2.99. The SMILES string of the molecule is COc1ccc(Cl)cc1N(CC(=O)N(Cc1ccccc1F)C(Cc1ccccc1)C(=O)NCC(C)C)S(=O)(=O)c1ccccc1. The highest BCUT2D eigenvalue weighted by Crippen LogP contribution is 2.35. The number of amides is 2. The molecule has 0 radical (unpaired) electrons. The summed E-state index contributed by atoms with van der Waals surface area (Å²) in [5, 5.41) is 3.13. The van der Waals surface area contributed by atoms with Crippen LogP contribution in [-0.2, 0) is 32.6 Å². The summed E-state index contributed by atoms with van der Waals surface area (Å²) in [4.78, 5) is 29.5. The molecule has 46 heavy (non-hydrogen) atoms. The summed E-state index contributed by atoms with van der Waals surface area (Å²) < 4.78 is 49.8. The third kappa shape index (κ3) is 8.64. The maximum Gasteiger partial charge on any atom is 0.264 e. The molecule has 0 aliphatic carbocycles. The number of nitrogens with one attached hydrogen (secondary N) is 1. The molecule has 1 atom stereocenters. The van der Waals surface area contributed by atoms with Crippen molar-refractivity contribution in [2.24, 2.45) is 5.92 Å². The van der Waals surface area contributed by atoms with Crippen molar-refractivity contribution in [2.75, 3.05) is 24.5 Å². The molecular formula is C35H37ClFN3O5S. The molecule has 1 unspecified atom stereocenters. The van der Waals surface area contributed by atoms with Crippen LogP contribution >= 0.6 is 11.6 Å². The third-order valence-corrected chi connectivity index (χ3v) is 9.28. The van der Waals surface area contributed by atoms with Crippen LogP contribution in [0.2, 0.25) is 5.02 Å².